The van der Waals surface area contributed by atoms with Crippen molar-refractivity contribution in [1.29, 1.82) is 0 Å². The van der Waals surface area contributed by atoms with E-state index in [0.29, 0.717) is 26.2 Å². The first-order valence-electron chi connectivity index (χ1n) is 7.55. The van der Waals surface area contributed by atoms with E-state index in [-0.39, 0.29) is 0 Å². The molecule has 0 aromatic rings. The second-order valence-electron chi connectivity index (χ2n) is 4.47. The molecule has 8 heteroatoms. The van der Waals surface area contributed by atoms with Crippen LogP contribution in [0.25, 0.3) is 0 Å². The number of amides is 1. The molecule has 0 aromatic carbocycles. The van der Waals surface area contributed by atoms with E-state index in [1.807, 2.05) is 20.8 Å². The summed E-state index contributed by atoms with van der Waals surface area (Å²) in [6.45, 7) is 7.48. The molecule has 7 nitrogen and oxygen atoms in total. The van der Waals surface area contributed by atoms with Crippen LogP contribution in [0.15, 0.2) is 0 Å². The summed E-state index contributed by atoms with van der Waals surface area (Å²) >= 11 is 0. The first-order chi connectivity index (χ1) is 9.99. The average molecular weight is 323 g/mol. The molecule has 0 radical (unpaired) electrons. The SMILES string of the molecule is CCO[Si](CCCCCC(O)OC(N)=O)(OCC)OCC. The largest absolute Gasteiger partial charge is 0.500 e. The van der Waals surface area contributed by atoms with E-state index in [0.717, 1.165) is 25.3 Å². The number of primary amides is 1. The lowest BCUT2D eigenvalue weighted by atomic mass is 10.2. The zero-order valence-electron chi connectivity index (χ0n) is 13.3. The van der Waals surface area contributed by atoms with Crippen LogP contribution < -0.4 is 5.73 Å². The van der Waals surface area contributed by atoms with Crippen LogP contribution >= 0.6 is 0 Å². The van der Waals surface area contributed by atoms with Crippen molar-refractivity contribution in [3.05, 3.63) is 0 Å². The van der Waals surface area contributed by atoms with Crippen LogP contribution in [-0.2, 0) is 18.0 Å². The fraction of sp³-hybridized carbons (Fsp3) is 0.923. The standard InChI is InChI=1S/C13H29NO6Si/c1-4-17-21(18-5-2,19-6-3)11-9-7-8-10-12(15)20-13(14)16/h12,15H,4-11H2,1-3H3,(H2,14,16). The summed E-state index contributed by atoms with van der Waals surface area (Å²) in [5.41, 5.74) is 4.82. The highest BCUT2D eigenvalue weighted by molar-refractivity contribution is 6.60. The number of hydrogen-bond acceptors (Lipinski definition) is 6. The van der Waals surface area contributed by atoms with E-state index in [1.54, 1.807) is 0 Å². The summed E-state index contributed by atoms with van der Waals surface area (Å²) in [5.74, 6) is 0. The molecular formula is C13H29NO6Si. The van der Waals surface area contributed by atoms with Crippen molar-refractivity contribution in [3.63, 3.8) is 0 Å². The normalized spacial score (nSPS) is 13.1. The highest BCUT2D eigenvalue weighted by atomic mass is 28.4. The molecule has 0 aliphatic carbocycles. The Morgan fingerprint density at radius 3 is 2.00 bits per heavy atom. The van der Waals surface area contributed by atoms with E-state index < -0.39 is 21.2 Å². The van der Waals surface area contributed by atoms with E-state index in [1.165, 1.54) is 0 Å². The molecule has 0 spiro atoms. The van der Waals surface area contributed by atoms with Crippen molar-refractivity contribution in [3.8, 4) is 0 Å². The summed E-state index contributed by atoms with van der Waals surface area (Å²) in [5, 5.41) is 9.34. The number of aliphatic hydroxyl groups excluding tert-OH is 1. The van der Waals surface area contributed by atoms with Crippen molar-refractivity contribution in [2.24, 2.45) is 5.73 Å². The molecule has 126 valence electrons. The lowest BCUT2D eigenvalue weighted by molar-refractivity contribution is -0.0543. The molecule has 1 unspecified atom stereocenters. The van der Waals surface area contributed by atoms with Gasteiger partial charge in [-0.3, -0.25) is 0 Å². The molecule has 0 saturated heterocycles. The van der Waals surface area contributed by atoms with Crippen molar-refractivity contribution in [2.75, 3.05) is 19.8 Å². The zero-order valence-corrected chi connectivity index (χ0v) is 14.3. The van der Waals surface area contributed by atoms with Crippen molar-refractivity contribution in [2.45, 2.75) is 58.8 Å². The van der Waals surface area contributed by atoms with Crippen LogP contribution in [-0.4, -0.2) is 46.1 Å². The van der Waals surface area contributed by atoms with Crippen molar-refractivity contribution < 1.29 is 27.9 Å². The highest BCUT2D eigenvalue weighted by Crippen LogP contribution is 2.20. The Morgan fingerprint density at radius 1 is 1.05 bits per heavy atom. The minimum absolute atomic E-state index is 0.370. The van der Waals surface area contributed by atoms with Crippen LogP contribution in [0.1, 0.15) is 46.5 Å². The lowest BCUT2D eigenvalue weighted by Gasteiger charge is -2.28. The van der Waals surface area contributed by atoms with E-state index in [2.05, 4.69) is 4.74 Å². The van der Waals surface area contributed by atoms with Crippen molar-refractivity contribution in [1.82, 2.24) is 0 Å². The first kappa shape index (κ1) is 20.3. The van der Waals surface area contributed by atoms with Gasteiger partial charge in [0, 0.05) is 32.3 Å². The Kier molecular flexibility index (Phi) is 11.5. The maximum absolute atomic E-state index is 10.4. The number of nitrogens with two attached hydrogens (primary N) is 1. The molecule has 0 bridgehead atoms. The van der Waals surface area contributed by atoms with Crippen molar-refractivity contribution >= 4 is 14.9 Å². The van der Waals surface area contributed by atoms with Gasteiger partial charge >= 0.3 is 14.9 Å². The Labute approximate surface area is 128 Å². The number of rotatable bonds is 13. The van der Waals surface area contributed by atoms with Gasteiger partial charge in [0.05, 0.1) is 0 Å². The Bertz CT molecular complexity index is 262. The summed E-state index contributed by atoms with van der Waals surface area (Å²) < 4.78 is 21.7. The third-order valence-corrected chi connectivity index (χ3v) is 5.93. The predicted molar refractivity (Wildman–Crippen MR) is 80.6 cm³/mol. The topological polar surface area (TPSA) is 100 Å². The molecule has 1 amide bonds. The van der Waals surface area contributed by atoms with Crippen LogP contribution in [0, 0.1) is 0 Å². The van der Waals surface area contributed by atoms with Gasteiger partial charge in [0.25, 0.3) is 0 Å². The van der Waals surface area contributed by atoms with Crippen LogP contribution in [0.5, 0.6) is 0 Å². The second-order valence-corrected chi connectivity index (χ2v) is 7.20. The van der Waals surface area contributed by atoms with Gasteiger partial charge in [0.1, 0.15) is 0 Å². The fourth-order valence-corrected chi connectivity index (χ4v) is 4.72. The number of ether oxygens (including phenoxy) is 1. The lowest BCUT2D eigenvalue weighted by Crippen LogP contribution is -2.45. The number of carbonyl (C=O) groups is 1. The van der Waals surface area contributed by atoms with Crippen LogP contribution in [0.4, 0.5) is 4.79 Å². The number of aliphatic hydroxyl groups is 1. The minimum Gasteiger partial charge on any atom is -0.420 e. The maximum atomic E-state index is 10.4. The quantitative estimate of drug-likeness (QED) is 0.305. The van der Waals surface area contributed by atoms with Crippen LogP contribution in [0.2, 0.25) is 6.04 Å². The molecule has 0 fully saturated rings. The molecule has 3 N–H and O–H groups in total. The molecule has 0 aliphatic rings. The van der Waals surface area contributed by atoms with Gasteiger partial charge in [-0.05, 0) is 33.6 Å². The van der Waals surface area contributed by atoms with Gasteiger partial charge in [-0.1, -0.05) is 6.42 Å². The van der Waals surface area contributed by atoms with Gasteiger partial charge in [-0.15, -0.1) is 0 Å². The summed E-state index contributed by atoms with van der Waals surface area (Å²) in [6, 6.07) is 0.745. The van der Waals surface area contributed by atoms with E-state index in [9.17, 15) is 9.90 Å². The number of carbonyl (C=O) groups excluding carboxylic acids is 1. The second kappa shape index (κ2) is 11.9. The molecule has 0 aromatic heterocycles. The minimum atomic E-state index is -2.57. The summed E-state index contributed by atoms with van der Waals surface area (Å²) in [6.07, 6.45) is 0.739. The molecule has 0 saturated carbocycles. The zero-order chi connectivity index (χ0) is 16.1. The third kappa shape index (κ3) is 9.80. The fourth-order valence-electron chi connectivity index (χ4n) is 2.03. The maximum Gasteiger partial charge on any atom is 0.500 e. The molecule has 0 heterocycles. The summed E-state index contributed by atoms with van der Waals surface area (Å²) in [7, 11) is -2.57. The third-order valence-electron chi connectivity index (χ3n) is 2.78. The average Bonchev–Trinajstić information content (AvgIpc) is 2.38. The Morgan fingerprint density at radius 2 is 1.57 bits per heavy atom. The molecule has 1 atom stereocenters. The molecular weight excluding hydrogens is 294 g/mol. The van der Waals surface area contributed by atoms with E-state index >= 15 is 0 Å². The smallest absolute Gasteiger partial charge is 0.420 e. The van der Waals surface area contributed by atoms with Gasteiger partial charge in [0.15, 0.2) is 0 Å². The number of hydrogen-bond donors (Lipinski definition) is 2. The van der Waals surface area contributed by atoms with Crippen LogP contribution in [0.3, 0.4) is 0 Å². The van der Waals surface area contributed by atoms with E-state index in [4.69, 9.17) is 19.0 Å². The predicted octanol–water partition coefficient (Wildman–Crippen LogP) is 2.01. The Hall–Kier alpha value is -0.673. The molecule has 21 heavy (non-hydrogen) atoms. The summed E-state index contributed by atoms with van der Waals surface area (Å²) in [4.78, 5) is 10.4. The van der Waals surface area contributed by atoms with Gasteiger partial charge < -0.3 is 28.9 Å². The molecule has 0 rings (SSSR count). The molecule has 0 aliphatic heterocycles. The highest BCUT2D eigenvalue weighted by Gasteiger charge is 2.39. The van der Waals surface area contributed by atoms with Gasteiger partial charge in [-0.2, -0.15) is 0 Å². The van der Waals surface area contributed by atoms with Gasteiger partial charge in [-0.25, -0.2) is 4.79 Å². The number of unbranched alkanes of at least 4 members (excludes halogenated alkanes) is 2. The Balaban J connectivity index is 4.04. The first-order valence-corrected chi connectivity index (χ1v) is 9.48. The van der Waals surface area contributed by atoms with Gasteiger partial charge in [0.2, 0.25) is 6.29 Å². The monoisotopic (exact) mass is 323 g/mol.